The van der Waals surface area contributed by atoms with Crippen LogP contribution in [0.25, 0.3) is 10.1 Å². The third-order valence-corrected chi connectivity index (χ3v) is 7.24. The molecule has 1 N–H and O–H groups in total. The number of hydrogen-bond donors (Lipinski definition) is 1. The average Bonchev–Trinajstić information content (AvgIpc) is 3.46. The van der Waals surface area contributed by atoms with Crippen LogP contribution in [0.15, 0.2) is 54.2 Å². The minimum Gasteiger partial charge on any atom is -0.354 e. The van der Waals surface area contributed by atoms with Crippen LogP contribution in [0.2, 0.25) is 0 Å². The molecular weight excluding hydrogens is 420 g/mol. The van der Waals surface area contributed by atoms with E-state index in [1.165, 1.54) is 15.6 Å². The molecule has 1 unspecified atom stereocenters. The highest BCUT2D eigenvalue weighted by atomic mass is 32.1. The summed E-state index contributed by atoms with van der Waals surface area (Å²) < 4.78 is 3.08. The first kappa shape index (κ1) is 20.6. The molecule has 4 aromatic rings. The summed E-state index contributed by atoms with van der Waals surface area (Å²) in [4.78, 5) is 20.1. The van der Waals surface area contributed by atoms with Gasteiger partial charge in [-0.3, -0.25) is 9.48 Å². The van der Waals surface area contributed by atoms with Gasteiger partial charge < -0.3 is 10.2 Å². The number of nitrogens with one attached hydrogen (secondary N) is 1. The van der Waals surface area contributed by atoms with Gasteiger partial charge in [-0.25, -0.2) is 4.98 Å². The predicted molar refractivity (Wildman–Crippen MR) is 127 cm³/mol. The number of carbonyl (C=O) groups excluding carboxylic acids is 1. The van der Waals surface area contributed by atoms with Crippen molar-refractivity contribution in [1.29, 1.82) is 0 Å². The molecular formula is C24H26N6OS. The summed E-state index contributed by atoms with van der Waals surface area (Å²) in [5.74, 6) is 1.03. The number of aryl methyl sites for hydroxylation is 2. The number of rotatable bonds is 5. The first-order valence-corrected chi connectivity index (χ1v) is 11.9. The second-order valence-electron chi connectivity index (χ2n) is 8.21. The van der Waals surface area contributed by atoms with Crippen LogP contribution < -0.4 is 10.2 Å². The van der Waals surface area contributed by atoms with Crippen molar-refractivity contribution in [2.75, 3.05) is 18.0 Å². The third-order valence-electron chi connectivity index (χ3n) is 6.17. The van der Waals surface area contributed by atoms with Crippen LogP contribution in [-0.2, 0) is 6.54 Å². The zero-order chi connectivity index (χ0) is 22.1. The molecule has 0 spiro atoms. The molecule has 1 aromatic carbocycles. The number of nitrogens with zero attached hydrogens (tertiary/aromatic N) is 5. The van der Waals surface area contributed by atoms with Crippen LogP contribution in [0.1, 0.15) is 40.9 Å². The molecule has 5 rings (SSSR count). The van der Waals surface area contributed by atoms with Gasteiger partial charge in [-0.15, -0.1) is 16.4 Å². The standard InChI is InChI=1S/C24H26N6OS/c1-3-30-14-20(27-28-30)18-10-12-29(23-22-16(2)15-32-21(22)9-11-25-23)13-19(18)26-24(31)17-7-5-4-6-8-17/h4-9,11,14-15,18-19H,3,10,12-13H2,1-2H3,(H,26,31)/t18?,19-/m0/s1. The van der Waals surface area contributed by atoms with Gasteiger partial charge in [0.15, 0.2) is 0 Å². The highest BCUT2D eigenvalue weighted by molar-refractivity contribution is 7.17. The summed E-state index contributed by atoms with van der Waals surface area (Å²) in [7, 11) is 0. The maximum absolute atomic E-state index is 13.0. The summed E-state index contributed by atoms with van der Waals surface area (Å²) in [5.41, 5.74) is 2.84. The Morgan fingerprint density at radius 1 is 1.25 bits per heavy atom. The lowest BCUT2D eigenvalue weighted by molar-refractivity contribution is 0.0927. The van der Waals surface area contributed by atoms with E-state index < -0.39 is 0 Å². The van der Waals surface area contributed by atoms with E-state index in [1.54, 1.807) is 11.3 Å². The van der Waals surface area contributed by atoms with Gasteiger partial charge in [0.05, 0.1) is 11.7 Å². The van der Waals surface area contributed by atoms with Crippen LogP contribution in [0.5, 0.6) is 0 Å². The van der Waals surface area contributed by atoms with E-state index in [2.05, 4.69) is 38.9 Å². The maximum Gasteiger partial charge on any atom is 0.251 e. The number of benzene rings is 1. The number of thiophene rings is 1. The third kappa shape index (κ3) is 3.86. The normalized spacial score (nSPS) is 18.8. The zero-order valence-corrected chi connectivity index (χ0v) is 19.0. The monoisotopic (exact) mass is 446 g/mol. The van der Waals surface area contributed by atoms with Crippen molar-refractivity contribution in [2.45, 2.75) is 38.8 Å². The Morgan fingerprint density at radius 2 is 2.09 bits per heavy atom. The average molecular weight is 447 g/mol. The Kier molecular flexibility index (Phi) is 5.61. The number of aromatic nitrogens is 4. The van der Waals surface area contributed by atoms with Crippen LogP contribution in [0, 0.1) is 6.92 Å². The SMILES string of the molecule is CCn1cc(C2CCN(c3nccc4scc(C)c34)C[C@@H]2NC(=O)c2ccccc2)nn1. The van der Waals surface area contributed by atoms with Crippen molar-refractivity contribution >= 4 is 33.1 Å². The van der Waals surface area contributed by atoms with Gasteiger partial charge in [-0.2, -0.15) is 0 Å². The molecule has 8 heteroatoms. The number of carbonyl (C=O) groups is 1. The predicted octanol–water partition coefficient (Wildman–Crippen LogP) is 4.01. The summed E-state index contributed by atoms with van der Waals surface area (Å²) in [6, 6.07) is 11.3. The zero-order valence-electron chi connectivity index (χ0n) is 18.2. The minimum absolute atomic E-state index is 0.0665. The van der Waals surface area contributed by atoms with E-state index in [0.29, 0.717) is 12.1 Å². The van der Waals surface area contributed by atoms with Gasteiger partial charge in [-0.1, -0.05) is 23.4 Å². The summed E-state index contributed by atoms with van der Waals surface area (Å²) in [6.45, 7) is 6.47. The fourth-order valence-corrected chi connectivity index (χ4v) is 5.41. The molecule has 4 heterocycles. The molecule has 2 atom stereocenters. The Balaban J connectivity index is 1.46. The fraction of sp³-hybridized carbons (Fsp3) is 0.333. The van der Waals surface area contributed by atoms with Crippen molar-refractivity contribution in [1.82, 2.24) is 25.3 Å². The van der Waals surface area contributed by atoms with Crippen LogP contribution >= 0.6 is 11.3 Å². The van der Waals surface area contributed by atoms with Gasteiger partial charge in [0.25, 0.3) is 5.91 Å². The highest BCUT2D eigenvalue weighted by Crippen LogP contribution is 2.36. The molecule has 7 nitrogen and oxygen atoms in total. The number of anilines is 1. The van der Waals surface area contributed by atoms with Crippen molar-refractivity contribution in [3.05, 3.63) is 71.0 Å². The van der Waals surface area contributed by atoms with E-state index >= 15 is 0 Å². The molecule has 1 amide bonds. The Bertz CT molecular complexity index is 1230. The molecule has 1 aliphatic heterocycles. The van der Waals surface area contributed by atoms with E-state index in [4.69, 9.17) is 4.98 Å². The number of amides is 1. The Hall–Kier alpha value is -3.26. The summed E-state index contributed by atoms with van der Waals surface area (Å²) in [5, 5.41) is 15.3. The summed E-state index contributed by atoms with van der Waals surface area (Å²) in [6.07, 6.45) is 4.75. The number of pyridine rings is 1. The number of piperidine rings is 1. The lowest BCUT2D eigenvalue weighted by Gasteiger charge is -2.39. The molecule has 0 bridgehead atoms. The smallest absolute Gasteiger partial charge is 0.251 e. The second-order valence-corrected chi connectivity index (χ2v) is 9.12. The first-order chi connectivity index (χ1) is 15.6. The van der Waals surface area contributed by atoms with E-state index in [9.17, 15) is 4.79 Å². The van der Waals surface area contributed by atoms with Crippen LogP contribution in [0.4, 0.5) is 5.82 Å². The molecule has 0 saturated carbocycles. The molecule has 164 valence electrons. The molecule has 0 radical (unpaired) electrons. The van der Waals surface area contributed by atoms with Crippen molar-refractivity contribution in [3.63, 3.8) is 0 Å². The van der Waals surface area contributed by atoms with Crippen LogP contribution in [-0.4, -0.2) is 45.0 Å². The lowest BCUT2D eigenvalue weighted by atomic mass is 9.88. The summed E-state index contributed by atoms with van der Waals surface area (Å²) >= 11 is 1.75. The minimum atomic E-state index is -0.102. The molecule has 3 aromatic heterocycles. The van der Waals surface area contributed by atoms with Crippen molar-refractivity contribution in [3.8, 4) is 0 Å². The molecule has 1 aliphatic rings. The van der Waals surface area contributed by atoms with Gasteiger partial charge in [0.2, 0.25) is 0 Å². The largest absolute Gasteiger partial charge is 0.354 e. The van der Waals surface area contributed by atoms with E-state index in [-0.39, 0.29) is 17.9 Å². The molecule has 1 fully saturated rings. The topological polar surface area (TPSA) is 75.9 Å². The van der Waals surface area contributed by atoms with Crippen molar-refractivity contribution in [2.24, 2.45) is 0 Å². The van der Waals surface area contributed by atoms with Gasteiger partial charge >= 0.3 is 0 Å². The quantitative estimate of drug-likeness (QED) is 0.501. The number of fused-ring (bicyclic) bond motifs is 1. The fourth-order valence-electron chi connectivity index (χ4n) is 4.48. The Morgan fingerprint density at radius 3 is 2.88 bits per heavy atom. The molecule has 0 aliphatic carbocycles. The lowest BCUT2D eigenvalue weighted by Crippen LogP contribution is -2.52. The first-order valence-electron chi connectivity index (χ1n) is 11.0. The van der Waals surface area contributed by atoms with E-state index in [0.717, 1.165) is 31.0 Å². The van der Waals surface area contributed by atoms with E-state index in [1.807, 2.05) is 54.3 Å². The van der Waals surface area contributed by atoms with Gasteiger partial charge in [-0.05, 0) is 49.4 Å². The second kappa shape index (κ2) is 8.70. The highest BCUT2D eigenvalue weighted by Gasteiger charge is 2.34. The Labute approximate surface area is 191 Å². The maximum atomic E-state index is 13.0. The molecule has 32 heavy (non-hydrogen) atoms. The van der Waals surface area contributed by atoms with Gasteiger partial charge in [0.1, 0.15) is 5.82 Å². The number of hydrogen-bond acceptors (Lipinski definition) is 6. The van der Waals surface area contributed by atoms with Crippen LogP contribution in [0.3, 0.4) is 0 Å². The van der Waals surface area contributed by atoms with Gasteiger partial charge in [0, 0.05) is 53.6 Å². The van der Waals surface area contributed by atoms with Crippen molar-refractivity contribution < 1.29 is 4.79 Å². The molecule has 1 saturated heterocycles.